The van der Waals surface area contributed by atoms with Gasteiger partial charge in [-0.1, -0.05) is 43.3 Å². The number of rotatable bonds is 7. The highest BCUT2D eigenvalue weighted by molar-refractivity contribution is 6.03. The topological polar surface area (TPSA) is 104 Å². The summed E-state index contributed by atoms with van der Waals surface area (Å²) in [6.45, 7) is 4.25. The van der Waals surface area contributed by atoms with Gasteiger partial charge in [0.2, 0.25) is 5.76 Å². The van der Waals surface area contributed by atoms with Crippen molar-refractivity contribution in [1.82, 2.24) is 4.98 Å². The van der Waals surface area contributed by atoms with Crippen LogP contribution in [0.25, 0.3) is 11.1 Å². The molecule has 182 valence electrons. The molecule has 3 aliphatic rings. The van der Waals surface area contributed by atoms with Gasteiger partial charge in [-0.25, -0.2) is 4.98 Å². The predicted molar refractivity (Wildman–Crippen MR) is 129 cm³/mol. The minimum absolute atomic E-state index is 0.0176. The fraction of sp³-hybridized carbons (Fsp3) is 0.393. The molecule has 6 rings (SSSR count). The Morgan fingerprint density at radius 3 is 2.14 bits per heavy atom. The molecule has 0 unspecified atom stereocenters. The van der Waals surface area contributed by atoms with Crippen LogP contribution in [0.1, 0.15) is 66.7 Å². The first kappa shape index (κ1) is 23.3. The summed E-state index contributed by atoms with van der Waals surface area (Å²) >= 11 is 0. The zero-order valence-corrected chi connectivity index (χ0v) is 20.1. The number of oxazole rings is 1. The first-order valence-corrected chi connectivity index (χ1v) is 12.1. The van der Waals surface area contributed by atoms with Crippen molar-refractivity contribution in [2.24, 2.45) is 0 Å². The molecule has 0 spiro atoms. The van der Waals surface area contributed by atoms with Crippen LogP contribution in [0.15, 0.2) is 52.9 Å². The molecule has 2 aromatic carbocycles. The van der Waals surface area contributed by atoms with Crippen molar-refractivity contribution in [1.29, 1.82) is 0 Å². The van der Waals surface area contributed by atoms with Crippen LogP contribution in [0.5, 0.6) is 0 Å². The highest BCUT2D eigenvalue weighted by atomic mass is 16.5. The van der Waals surface area contributed by atoms with Crippen molar-refractivity contribution in [2.75, 3.05) is 11.9 Å². The van der Waals surface area contributed by atoms with Crippen molar-refractivity contribution in [2.45, 2.75) is 63.4 Å². The second-order valence-electron chi connectivity index (χ2n) is 9.79. The molecule has 0 radical (unpaired) electrons. The number of hydrogen-bond donors (Lipinski definition) is 1. The molecular weight excluding hydrogens is 444 g/mol. The molecule has 1 aromatic heterocycles. The number of amides is 1. The number of hydrogen-bond acceptors (Lipinski definition) is 6. The van der Waals surface area contributed by atoms with Crippen LogP contribution < -0.4 is 10.4 Å². The monoisotopic (exact) mass is 473 g/mol. The van der Waals surface area contributed by atoms with Crippen LogP contribution >= 0.6 is 0 Å². The van der Waals surface area contributed by atoms with Crippen molar-refractivity contribution in [3.63, 3.8) is 0 Å². The number of fused-ring (bicyclic) bond motifs is 3. The quantitative estimate of drug-likeness (QED) is 0.552. The first-order chi connectivity index (χ1) is 16.8. The highest BCUT2D eigenvalue weighted by Crippen LogP contribution is 2.51. The number of carboxylic acids is 1. The number of ether oxygens (including phenoxy) is 1. The fourth-order valence-corrected chi connectivity index (χ4v) is 5.39. The maximum atomic E-state index is 12.6. The Morgan fingerprint density at radius 1 is 1.00 bits per heavy atom. The third-order valence-corrected chi connectivity index (χ3v) is 7.56. The number of aromatic nitrogens is 1. The minimum Gasteiger partial charge on any atom is -0.550 e. The smallest absolute Gasteiger partial charge is 0.293 e. The second-order valence-corrected chi connectivity index (χ2v) is 9.79. The Bertz CT molecular complexity index is 1220. The van der Waals surface area contributed by atoms with Gasteiger partial charge >= 0.3 is 0 Å². The van der Waals surface area contributed by atoms with Gasteiger partial charge in [0.05, 0.1) is 17.9 Å². The molecule has 3 fully saturated rings. The van der Waals surface area contributed by atoms with Gasteiger partial charge in [-0.2, -0.15) is 0 Å². The van der Waals surface area contributed by atoms with E-state index in [4.69, 9.17) is 9.15 Å². The third-order valence-electron chi connectivity index (χ3n) is 7.56. The largest absolute Gasteiger partial charge is 0.550 e. The number of nitrogens with one attached hydrogen (secondary N) is 1. The molecule has 1 amide bonds. The van der Waals surface area contributed by atoms with Gasteiger partial charge in [0.15, 0.2) is 5.89 Å². The van der Waals surface area contributed by atoms with Crippen LogP contribution in [0.2, 0.25) is 0 Å². The van der Waals surface area contributed by atoms with E-state index in [2.05, 4.69) is 34.6 Å². The number of carbonyl (C=O) groups is 2. The summed E-state index contributed by atoms with van der Waals surface area (Å²) in [4.78, 5) is 27.9. The molecule has 2 aliphatic heterocycles. The molecule has 7 nitrogen and oxygen atoms in total. The number of anilines is 1. The van der Waals surface area contributed by atoms with Crippen molar-refractivity contribution in [3.8, 4) is 11.1 Å². The SMILES string of the molecule is CCc1nc(C)c(C(=O)Nc2ccc(-c3ccc(C45CCC(CC(=O)[O-])(CC4)OC5)cc3)cc2)o1. The van der Waals surface area contributed by atoms with Crippen molar-refractivity contribution in [3.05, 3.63) is 71.4 Å². The minimum atomic E-state index is -1.03. The zero-order valence-electron chi connectivity index (χ0n) is 20.1. The average molecular weight is 474 g/mol. The normalized spacial score (nSPS) is 23.3. The average Bonchev–Trinajstić information content (AvgIpc) is 3.26. The second kappa shape index (κ2) is 8.96. The van der Waals surface area contributed by atoms with Gasteiger partial charge in [-0.3, -0.25) is 4.79 Å². The number of benzene rings is 2. The van der Waals surface area contributed by atoms with E-state index in [1.807, 2.05) is 31.2 Å². The Morgan fingerprint density at radius 2 is 1.63 bits per heavy atom. The van der Waals surface area contributed by atoms with Crippen LogP contribution in [0.3, 0.4) is 0 Å². The van der Waals surface area contributed by atoms with E-state index in [1.54, 1.807) is 6.92 Å². The Hall–Kier alpha value is -3.45. The fourth-order valence-electron chi connectivity index (χ4n) is 5.39. The molecular formula is C28H29N2O5-. The standard InChI is InChI=1S/C28H30N2O5/c1-3-23-29-18(2)25(35-23)26(33)30-22-10-6-20(7-11-22)19-4-8-21(9-5-19)27-12-14-28(15-13-27,34-17-27)16-24(31)32/h4-11H,3,12-17H2,1-2H3,(H,30,33)(H,31,32)/p-1. The van der Waals surface area contributed by atoms with Gasteiger partial charge in [0.1, 0.15) is 0 Å². The Kier molecular flexibility index (Phi) is 5.97. The summed E-state index contributed by atoms with van der Waals surface area (Å²) in [7, 11) is 0. The number of aryl methyl sites for hydroxylation is 2. The van der Waals surface area contributed by atoms with Gasteiger partial charge in [-0.05, 0) is 61.4 Å². The van der Waals surface area contributed by atoms with E-state index in [0.717, 1.165) is 36.8 Å². The molecule has 35 heavy (non-hydrogen) atoms. The van der Waals surface area contributed by atoms with E-state index >= 15 is 0 Å². The molecule has 3 heterocycles. The summed E-state index contributed by atoms with van der Waals surface area (Å²) in [6.07, 6.45) is 3.98. The summed E-state index contributed by atoms with van der Waals surface area (Å²) in [5, 5.41) is 14.0. The number of carboxylic acid groups (broad SMARTS) is 1. The lowest BCUT2D eigenvalue weighted by atomic mass is 9.62. The summed E-state index contributed by atoms with van der Waals surface area (Å²) < 4.78 is 11.6. The molecule has 2 bridgehead atoms. The third kappa shape index (κ3) is 4.48. The zero-order chi connectivity index (χ0) is 24.6. The molecule has 0 atom stereocenters. The predicted octanol–water partition coefficient (Wildman–Crippen LogP) is 4.19. The van der Waals surface area contributed by atoms with Gasteiger partial charge in [0, 0.05) is 29.9 Å². The number of carbonyl (C=O) groups excluding carboxylic acids is 2. The summed E-state index contributed by atoms with van der Waals surface area (Å²) in [5.41, 5.74) is 4.05. The lowest BCUT2D eigenvalue weighted by Gasteiger charge is -2.53. The Labute approximate surface area is 204 Å². The summed E-state index contributed by atoms with van der Waals surface area (Å²) in [5.74, 6) is -0.548. The van der Waals surface area contributed by atoms with Gasteiger partial charge in [0.25, 0.3) is 5.91 Å². The molecule has 1 aliphatic carbocycles. The summed E-state index contributed by atoms with van der Waals surface area (Å²) in [6, 6.07) is 16.2. The van der Waals surface area contributed by atoms with Crippen LogP contribution in [0, 0.1) is 6.92 Å². The molecule has 1 N–H and O–H groups in total. The van der Waals surface area contributed by atoms with Crippen LogP contribution in [0.4, 0.5) is 5.69 Å². The van der Waals surface area contributed by atoms with E-state index in [-0.39, 0.29) is 23.5 Å². The van der Waals surface area contributed by atoms with Crippen LogP contribution in [-0.4, -0.2) is 29.1 Å². The van der Waals surface area contributed by atoms with E-state index in [9.17, 15) is 14.7 Å². The van der Waals surface area contributed by atoms with Gasteiger partial charge in [-0.15, -0.1) is 0 Å². The first-order valence-electron chi connectivity index (χ1n) is 12.1. The maximum absolute atomic E-state index is 12.6. The molecule has 7 heteroatoms. The van der Waals surface area contributed by atoms with E-state index < -0.39 is 11.6 Å². The Balaban J connectivity index is 1.25. The lowest BCUT2D eigenvalue weighted by Crippen LogP contribution is -2.55. The molecule has 3 aromatic rings. The number of aliphatic carboxylic acids is 1. The lowest BCUT2D eigenvalue weighted by molar-refractivity contribution is -0.312. The van der Waals surface area contributed by atoms with Crippen LogP contribution in [-0.2, 0) is 21.4 Å². The highest BCUT2D eigenvalue weighted by Gasteiger charge is 2.50. The van der Waals surface area contributed by atoms with Gasteiger partial charge < -0.3 is 24.4 Å². The van der Waals surface area contributed by atoms with E-state index in [1.165, 1.54) is 5.56 Å². The number of nitrogens with zero attached hydrogens (tertiary/aromatic N) is 1. The van der Waals surface area contributed by atoms with E-state index in [0.29, 0.717) is 30.3 Å². The molecule has 1 saturated carbocycles. The molecule has 2 saturated heterocycles. The van der Waals surface area contributed by atoms with Crippen molar-refractivity contribution >= 4 is 17.6 Å². The maximum Gasteiger partial charge on any atom is 0.293 e. The van der Waals surface area contributed by atoms with Crippen molar-refractivity contribution < 1.29 is 23.8 Å².